The van der Waals surface area contributed by atoms with E-state index in [-0.39, 0.29) is 11.6 Å². The Hall–Kier alpha value is -2.85. The van der Waals surface area contributed by atoms with Crippen molar-refractivity contribution in [3.63, 3.8) is 0 Å². The second kappa shape index (κ2) is 6.64. The van der Waals surface area contributed by atoms with Crippen molar-refractivity contribution in [2.45, 2.75) is 29.4 Å². The van der Waals surface area contributed by atoms with Crippen LogP contribution in [0.25, 0.3) is 0 Å². The minimum atomic E-state index is -0.158. The van der Waals surface area contributed by atoms with Gasteiger partial charge >= 0.3 is 0 Å². The monoisotopic (exact) mass is 385 g/mol. The molecule has 3 aromatic carbocycles. The number of nitrogens with two attached hydrogens (primary N) is 1. The summed E-state index contributed by atoms with van der Waals surface area (Å²) in [5.74, 6) is -0.265. The lowest BCUT2D eigenvalue weighted by atomic mass is 9.83. The van der Waals surface area contributed by atoms with Gasteiger partial charge < -0.3 is 5.73 Å². The zero-order valence-electron chi connectivity index (χ0n) is 15.3. The lowest BCUT2D eigenvalue weighted by molar-refractivity contribution is 0.0977. The van der Waals surface area contributed by atoms with Gasteiger partial charge in [0.2, 0.25) is 0 Å². The molecular weight excluding hydrogens is 366 g/mol. The van der Waals surface area contributed by atoms with Gasteiger partial charge in [0.25, 0.3) is 0 Å². The molecule has 2 aliphatic carbocycles. The van der Waals surface area contributed by atoms with Crippen LogP contribution in [0.5, 0.6) is 0 Å². The molecule has 0 saturated heterocycles. The van der Waals surface area contributed by atoms with Gasteiger partial charge in [-0.05, 0) is 42.5 Å². The van der Waals surface area contributed by atoms with Gasteiger partial charge in [-0.15, -0.1) is 11.8 Å². The van der Waals surface area contributed by atoms with Crippen LogP contribution in [0, 0.1) is 0 Å². The summed E-state index contributed by atoms with van der Waals surface area (Å²) >= 11 is 1.70. The summed E-state index contributed by atoms with van der Waals surface area (Å²) < 4.78 is 0. The Morgan fingerprint density at radius 1 is 0.821 bits per heavy atom. The molecule has 138 valence electrons. The van der Waals surface area contributed by atoms with Gasteiger partial charge in [0, 0.05) is 32.5 Å². The molecule has 0 radical (unpaired) electrons. The minimum absolute atomic E-state index is 0.107. The molecule has 0 heterocycles. The predicted octanol–water partition coefficient (Wildman–Crippen LogP) is 5.21. The fourth-order valence-corrected chi connectivity index (χ4v) is 5.75. The number of benzene rings is 3. The maximum absolute atomic E-state index is 13.3. The van der Waals surface area contributed by atoms with E-state index in [4.69, 9.17) is 5.73 Å². The Labute approximate surface area is 168 Å². The number of rotatable bonds is 2. The molecule has 0 aromatic heterocycles. The average Bonchev–Trinajstić information content (AvgIpc) is 2.72. The number of aryl methyl sites for hydroxylation is 1. The number of anilines is 1. The van der Waals surface area contributed by atoms with Gasteiger partial charge in [-0.3, -0.25) is 9.59 Å². The minimum Gasteiger partial charge on any atom is -0.398 e. The van der Waals surface area contributed by atoms with Crippen LogP contribution in [-0.4, -0.2) is 11.6 Å². The normalized spacial score (nSPS) is 17.6. The van der Waals surface area contributed by atoms with Crippen molar-refractivity contribution in [2.24, 2.45) is 0 Å². The van der Waals surface area contributed by atoms with Crippen molar-refractivity contribution < 1.29 is 9.59 Å². The Kier molecular flexibility index (Phi) is 4.09. The quantitative estimate of drug-likeness (QED) is 0.481. The second-order valence-electron chi connectivity index (χ2n) is 7.30. The standard InChI is InChI=1S/C24H19NO2S/c25-18-11-4-9-16-21(18)23(26)17-10-5-13-20(22(17)24(16)27)28-19-12-3-7-14-6-1-2-8-15(14)19/h1-2,4-6,8-11,13,19H,3,7,12,25H2. The molecule has 28 heavy (non-hydrogen) atoms. The van der Waals surface area contributed by atoms with Crippen LogP contribution in [0.15, 0.2) is 65.6 Å². The number of hydrogen-bond donors (Lipinski definition) is 1. The lowest BCUT2D eigenvalue weighted by Crippen LogP contribution is -2.23. The molecular formula is C24H19NO2S. The zero-order valence-corrected chi connectivity index (χ0v) is 16.1. The van der Waals surface area contributed by atoms with Crippen molar-refractivity contribution in [3.8, 4) is 0 Å². The number of ketones is 2. The maximum atomic E-state index is 13.3. The molecule has 0 bridgehead atoms. The third-order valence-corrected chi connectivity index (χ3v) is 7.02. The molecule has 0 fully saturated rings. The van der Waals surface area contributed by atoms with Crippen LogP contribution >= 0.6 is 11.8 Å². The summed E-state index contributed by atoms with van der Waals surface area (Å²) in [7, 11) is 0. The Morgan fingerprint density at radius 3 is 2.39 bits per heavy atom. The average molecular weight is 385 g/mol. The van der Waals surface area contributed by atoms with E-state index in [0.29, 0.717) is 33.2 Å². The third kappa shape index (κ3) is 2.60. The highest BCUT2D eigenvalue weighted by molar-refractivity contribution is 7.99. The van der Waals surface area contributed by atoms with Crippen LogP contribution < -0.4 is 5.73 Å². The van der Waals surface area contributed by atoms with E-state index in [1.54, 1.807) is 36.0 Å². The van der Waals surface area contributed by atoms with Crippen LogP contribution in [0.4, 0.5) is 5.69 Å². The van der Waals surface area contributed by atoms with Crippen LogP contribution in [-0.2, 0) is 6.42 Å². The molecule has 0 saturated carbocycles. The second-order valence-corrected chi connectivity index (χ2v) is 8.55. The maximum Gasteiger partial charge on any atom is 0.196 e. The fraction of sp³-hybridized carbons (Fsp3) is 0.167. The molecule has 1 atom stereocenters. The van der Waals surface area contributed by atoms with E-state index in [1.807, 2.05) is 12.1 Å². The molecule has 0 amide bonds. The first kappa shape index (κ1) is 17.3. The van der Waals surface area contributed by atoms with Crippen LogP contribution in [0.1, 0.15) is 61.1 Å². The molecule has 1 unspecified atom stereocenters. The van der Waals surface area contributed by atoms with E-state index in [1.165, 1.54) is 11.1 Å². The smallest absolute Gasteiger partial charge is 0.196 e. The summed E-state index contributed by atoms with van der Waals surface area (Å²) in [4.78, 5) is 27.2. The highest BCUT2D eigenvalue weighted by Gasteiger charge is 2.34. The Morgan fingerprint density at radius 2 is 1.54 bits per heavy atom. The van der Waals surface area contributed by atoms with E-state index in [2.05, 4.69) is 24.3 Å². The third-order valence-electron chi connectivity index (χ3n) is 5.65. The number of thioether (sulfide) groups is 1. The van der Waals surface area contributed by atoms with Crippen molar-refractivity contribution in [1.82, 2.24) is 0 Å². The molecule has 4 heteroatoms. The van der Waals surface area contributed by atoms with Crippen molar-refractivity contribution in [3.05, 3.63) is 94.0 Å². The van der Waals surface area contributed by atoms with Crippen LogP contribution in [0.2, 0.25) is 0 Å². The lowest BCUT2D eigenvalue weighted by Gasteiger charge is -2.27. The van der Waals surface area contributed by atoms with E-state index in [9.17, 15) is 9.59 Å². The first-order valence-electron chi connectivity index (χ1n) is 9.50. The molecule has 3 nitrogen and oxygen atoms in total. The Bertz CT molecular complexity index is 1140. The Balaban J connectivity index is 1.60. The van der Waals surface area contributed by atoms with Crippen molar-refractivity contribution >= 4 is 29.0 Å². The van der Waals surface area contributed by atoms with Crippen LogP contribution in [0.3, 0.4) is 0 Å². The highest BCUT2D eigenvalue weighted by Crippen LogP contribution is 2.46. The summed E-state index contributed by atoms with van der Waals surface area (Å²) in [6.07, 6.45) is 3.30. The van der Waals surface area contributed by atoms with Gasteiger partial charge in [-0.1, -0.05) is 48.5 Å². The van der Waals surface area contributed by atoms with E-state index in [0.717, 1.165) is 24.2 Å². The number of nitrogen functional groups attached to an aromatic ring is 1. The summed E-state index contributed by atoms with van der Waals surface area (Å²) in [6, 6.07) is 19.2. The van der Waals surface area contributed by atoms with Gasteiger partial charge in [-0.25, -0.2) is 0 Å². The number of carbonyl (C=O) groups excluding carboxylic acids is 2. The molecule has 2 N–H and O–H groups in total. The SMILES string of the molecule is Nc1cccc2c1C(=O)c1cccc(SC3CCCc4ccccc43)c1C2=O. The molecule has 5 rings (SSSR count). The van der Waals surface area contributed by atoms with E-state index < -0.39 is 0 Å². The number of fused-ring (bicyclic) bond motifs is 3. The summed E-state index contributed by atoms with van der Waals surface area (Å²) in [5.41, 5.74) is 10.8. The zero-order chi connectivity index (χ0) is 19.3. The van der Waals surface area contributed by atoms with Gasteiger partial charge in [-0.2, -0.15) is 0 Å². The predicted molar refractivity (Wildman–Crippen MR) is 112 cm³/mol. The first-order chi connectivity index (χ1) is 13.6. The summed E-state index contributed by atoms with van der Waals surface area (Å²) in [6.45, 7) is 0. The molecule has 2 aliphatic rings. The van der Waals surface area contributed by atoms with E-state index >= 15 is 0 Å². The number of carbonyl (C=O) groups is 2. The van der Waals surface area contributed by atoms with Gasteiger partial charge in [0.15, 0.2) is 11.6 Å². The fourth-order valence-electron chi connectivity index (χ4n) is 4.32. The largest absolute Gasteiger partial charge is 0.398 e. The highest BCUT2D eigenvalue weighted by atomic mass is 32.2. The summed E-state index contributed by atoms with van der Waals surface area (Å²) in [5, 5.41) is 0.293. The van der Waals surface area contributed by atoms with Crippen molar-refractivity contribution in [2.75, 3.05) is 5.73 Å². The molecule has 0 aliphatic heterocycles. The van der Waals surface area contributed by atoms with Crippen molar-refractivity contribution in [1.29, 1.82) is 0 Å². The molecule has 3 aromatic rings. The molecule has 0 spiro atoms. The topological polar surface area (TPSA) is 60.2 Å². The number of hydrogen-bond acceptors (Lipinski definition) is 4. The first-order valence-corrected chi connectivity index (χ1v) is 10.4. The van der Waals surface area contributed by atoms with Gasteiger partial charge in [0.1, 0.15) is 0 Å². The van der Waals surface area contributed by atoms with Gasteiger partial charge in [0.05, 0.1) is 5.56 Å².